The van der Waals surface area contributed by atoms with Crippen LogP contribution in [0.15, 0.2) is 53.6 Å². The maximum Gasteiger partial charge on any atom is 0.308 e. The summed E-state index contributed by atoms with van der Waals surface area (Å²) in [6, 6.07) is 12.9. The molecule has 0 fully saturated rings. The first-order chi connectivity index (χ1) is 14.5. The van der Waals surface area contributed by atoms with Crippen molar-refractivity contribution < 1.29 is 14.3 Å². The molecule has 1 aromatic heterocycles. The maximum absolute atomic E-state index is 12.4. The van der Waals surface area contributed by atoms with Gasteiger partial charge in [-0.1, -0.05) is 44.2 Å². The second-order valence-electron chi connectivity index (χ2n) is 6.88. The zero-order valence-electron chi connectivity index (χ0n) is 17.2. The third-order valence-corrected chi connectivity index (χ3v) is 4.92. The average molecular weight is 407 g/mol. The average Bonchev–Trinajstić information content (AvgIpc) is 2.77. The number of benzene rings is 2. The Hall–Kier alpha value is -3.48. The number of fused-ring (bicyclic) bond motifs is 1. The summed E-state index contributed by atoms with van der Waals surface area (Å²) in [5.41, 5.74) is 3.26. The molecule has 30 heavy (non-hydrogen) atoms. The number of carbonyl (C=O) groups excluding carboxylic acids is 2. The number of nitrogens with one attached hydrogen (secondary N) is 1. The molecule has 0 spiro atoms. The summed E-state index contributed by atoms with van der Waals surface area (Å²) in [6.07, 6.45) is 2.97. The molecule has 0 saturated heterocycles. The lowest BCUT2D eigenvalue weighted by atomic mass is 10.0. The van der Waals surface area contributed by atoms with Gasteiger partial charge in [0.05, 0.1) is 23.7 Å². The predicted octanol–water partition coefficient (Wildman–Crippen LogP) is 3.09. The number of para-hydroxylation sites is 2. The number of hydrogen-bond donors (Lipinski definition) is 1. The highest BCUT2D eigenvalue weighted by Gasteiger charge is 2.13. The van der Waals surface area contributed by atoms with Gasteiger partial charge < -0.3 is 10.1 Å². The fourth-order valence-electron chi connectivity index (χ4n) is 3.27. The molecule has 3 rings (SSSR count). The molecule has 0 bridgehead atoms. The minimum atomic E-state index is -0.551. The Bertz CT molecular complexity index is 1100. The van der Waals surface area contributed by atoms with Gasteiger partial charge in [-0.25, -0.2) is 4.98 Å². The van der Waals surface area contributed by atoms with Gasteiger partial charge in [-0.05, 0) is 36.1 Å². The van der Waals surface area contributed by atoms with Crippen LogP contribution in [-0.4, -0.2) is 28.0 Å². The van der Waals surface area contributed by atoms with E-state index in [4.69, 9.17) is 4.74 Å². The van der Waals surface area contributed by atoms with Gasteiger partial charge in [0.2, 0.25) is 0 Å². The number of carbonyl (C=O) groups is 2. The van der Waals surface area contributed by atoms with Crippen LogP contribution in [0.4, 0.5) is 5.69 Å². The van der Waals surface area contributed by atoms with Gasteiger partial charge >= 0.3 is 5.97 Å². The fourth-order valence-corrected chi connectivity index (χ4v) is 3.27. The Balaban J connectivity index is 1.55. The summed E-state index contributed by atoms with van der Waals surface area (Å²) in [5.74, 6) is -0.937. The molecule has 0 saturated carbocycles. The van der Waals surface area contributed by atoms with E-state index in [-0.39, 0.29) is 31.0 Å². The number of aryl methyl sites for hydroxylation is 3. The van der Waals surface area contributed by atoms with Gasteiger partial charge in [-0.15, -0.1) is 0 Å². The molecule has 0 aliphatic heterocycles. The van der Waals surface area contributed by atoms with E-state index < -0.39 is 5.97 Å². The molecule has 156 valence electrons. The smallest absolute Gasteiger partial charge is 0.308 e. The summed E-state index contributed by atoms with van der Waals surface area (Å²) in [6.45, 7) is 3.81. The summed E-state index contributed by atoms with van der Waals surface area (Å²) in [4.78, 5) is 41.0. The van der Waals surface area contributed by atoms with Gasteiger partial charge in [-0.2, -0.15) is 0 Å². The fraction of sp³-hybridized carbons (Fsp3) is 0.304. The van der Waals surface area contributed by atoms with E-state index in [1.165, 1.54) is 10.9 Å². The van der Waals surface area contributed by atoms with Gasteiger partial charge in [0, 0.05) is 12.2 Å². The Morgan fingerprint density at radius 2 is 1.73 bits per heavy atom. The Labute approximate surface area is 174 Å². The number of aromatic nitrogens is 2. The molecule has 0 radical (unpaired) electrons. The van der Waals surface area contributed by atoms with Crippen molar-refractivity contribution in [2.45, 2.75) is 39.7 Å². The Morgan fingerprint density at radius 1 is 1.03 bits per heavy atom. The quantitative estimate of drug-likeness (QED) is 0.580. The monoisotopic (exact) mass is 407 g/mol. The molecular formula is C23H25N3O4. The molecule has 7 nitrogen and oxygen atoms in total. The van der Waals surface area contributed by atoms with Crippen LogP contribution in [-0.2, 0) is 33.7 Å². The minimum Gasteiger partial charge on any atom is -0.456 e. The molecule has 0 atom stereocenters. The van der Waals surface area contributed by atoms with Crippen LogP contribution in [0, 0.1) is 0 Å². The highest BCUT2D eigenvalue weighted by Crippen LogP contribution is 2.22. The van der Waals surface area contributed by atoms with Crippen LogP contribution in [0.3, 0.4) is 0 Å². The van der Waals surface area contributed by atoms with Crippen LogP contribution in [0.25, 0.3) is 10.9 Å². The van der Waals surface area contributed by atoms with Gasteiger partial charge in [0.25, 0.3) is 11.5 Å². The number of esters is 1. The van der Waals surface area contributed by atoms with E-state index in [1.807, 2.05) is 38.1 Å². The molecule has 1 amide bonds. The first-order valence-corrected chi connectivity index (χ1v) is 10.0. The summed E-state index contributed by atoms with van der Waals surface area (Å²) < 4.78 is 6.46. The van der Waals surface area contributed by atoms with Crippen LogP contribution in [0.5, 0.6) is 0 Å². The lowest BCUT2D eigenvalue weighted by Gasteiger charge is -2.14. The van der Waals surface area contributed by atoms with Crippen molar-refractivity contribution >= 4 is 28.5 Å². The van der Waals surface area contributed by atoms with Crippen molar-refractivity contribution in [3.05, 3.63) is 70.3 Å². The lowest BCUT2D eigenvalue weighted by molar-refractivity contribution is -0.147. The van der Waals surface area contributed by atoms with E-state index in [9.17, 15) is 14.4 Å². The zero-order chi connectivity index (χ0) is 21.5. The van der Waals surface area contributed by atoms with Crippen molar-refractivity contribution in [1.82, 2.24) is 9.55 Å². The third-order valence-electron chi connectivity index (χ3n) is 4.92. The molecule has 1 N–H and O–H groups in total. The molecule has 2 aromatic carbocycles. The first-order valence-electron chi connectivity index (χ1n) is 10.0. The first kappa shape index (κ1) is 21.2. The van der Waals surface area contributed by atoms with Gasteiger partial charge in [0.1, 0.15) is 0 Å². The van der Waals surface area contributed by atoms with Crippen molar-refractivity contribution in [3.8, 4) is 0 Å². The van der Waals surface area contributed by atoms with Crippen LogP contribution in [0.2, 0.25) is 0 Å². The van der Waals surface area contributed by atoms with Crippen molar-refractivity contribution in [3.63, 3.8) is 0 Å². The SMILES string of the molecule is CCc1cccc(CC)c1NC(=O)COC(=O)CCn1cnc2ccccc2c1=O. The topological polar surface area (TPSA) is 90.3 Å². The van der Waals surface area contributed by atoms with E-state index in [2.05, 4.69) is 10.3 Å². The van der Waals surface area contributed by atoms with E-state index in [0.717, 1.165) is 29.7 Å². The Morgan fingerprint density at radius 3 is 2.43 bits per heavy atom. The second kappa shape index (κ2) is 9.82. The summed E-state index contributed by atoms with van der Waals surface area (Å²) in [5, 5.41) is 3.35. The normalized spacial score (nSPS) is 10.7. The third kappa shape index (κ3) is 4.92. The second-order valence-corrected chi connectivity index (χ2v) is 6.88. The van der Waals surface area contributed by atoms with Gasteiger partial charge in [0.15, 0.2) is 6.61 Å². The number of hydrogen-bond acceptors (Lipinski definition) is 5. The summed E-state index contributed by atoms with van der Waals surface area (Å²) in [7, 11) is 0. The number of ether oxygens (including phenoxy) is 1. The predicted molar refractivity (Wildman–Crippen MR) is 115 cm³/mol. The lowest BCUT2D eigenvalue weighted by Crippen LogP contribution is -2.25. The zero-order valence-corrected chi connectivity index (χ0v) is 17.2. The molecule has 3 aromatic rings. The van der Waals surface area contributed by atoms with E-state index in [1.54, 1.807) is 18.2 Å². The largest absolute Gasteiger partial charge is 0.456 e. The van der Waals surface area contributed by atoms with Gasteiger partial charge in [-0.3, -0.25) is 19.0 Å². The molecule has 0 unspecified atom stereocenters. The highest BCUT2D eigenvalue weighted by atomic mass is 16.5. The number of amides is 1. The summed E-state index contributed by atoms with van der Waals surface area (Å²) >= 11 is 0. The van der Waals surface area contributed by atoms with Crippen molar-refractivity contribution in [2.75, 3.05) is 11.9 Å². The Kier molecular flexibility index (Phi) is 6.95. The van der Waals surface area contributed by atoms with Crippen LogP contribution >= 0.6 is 0 Å². The molecular weight excluding hydrogens is 382 g/mol. The molecule has 1 heterocycles. The number of rotatable bonds is 8. The molecule has 0 aliphatic rings. The minimum absolute atomic E-state index is 0.0288. The number of nitrogens with zero attached hydrogens (tertiary/aromatic N) is 2. The maximum atomic E-state index is 12.4. The van der Waals surface area contributed by atoms with E-state index >= 15 is 0 Å². The molecule has 7 heteroatoms. The highest BCUT2D eigenvalue weighted by molar-refractivity contribution is 5.94. The van der Waals surface area contributed by atoms with Crippen molar-refractivity contribution in [2.24, 2.45) is 0 Å². The standard InChI is InChI=1S/C23H25N3O4/c1-3-16-8-7-9-17(4-2)22(16)25-20(27)14-30-21(28)12-13-26-15-24-19-11-6-5-10-18(19)23(26)29/h5-11,15H,3-4,12-14H2,1-2H3,(H,25,27). The van der Waals surface area contributed by atoms with E-state index in [0.29, 0.717) is 10.9 Å². The van der Waals surface area contributed by atoms with Crippen LogP contribution in [0.1, 0.15) is 31.4 Å². The number of anilines is 1. The van der Waals surface area contributed by atoms with Crippen LogP contribution < -0.4 is 10.9 Å². The molecule has 0 aliphatic carbocycles. The van der Waals surface area contributed by atoms with Crippen molar-refractivity contribution in [1.29, 1.82) is 0 Å².